The van der Waals surface area contributed by atoms with Crippen LogP contribution in [0.25, 0.3) is 0 Å². The molecule has 2 N–H and O–H groups in total. The van der Waals surface area contributed by atoms with Crippen LogP contribution in [0.4, 0.5) is 0 Å². The molecule has 19 heavy (non-hydrogen) atoms. The van der Waals surface area contributed by atoms with Crippen molar-refractivity contribution in [3.05, 3.63) is 23.7 Å². The maximum Gasteiger partial charge on any atom is 0.326 e. The molecular formula is C13H17NO5. The summed E-state index contributed by atoms with van der Waals surface area (Å²) in [5.41, 5.74) is 0. The average molecular weight is 267 g/mol. The van der Waals surface area contributed by atoms with E-state index in [1.54, 1.807) is 6.07 Å². The minimum atomic E-state index is -1.01. The second kappa shape index (κ2) is 5.88. The van der Waals surface area contributed by atoms with Crippen molar-refractivity contribution >= 4 is 11.9 Å². The fourth-order valence-corrected chi connectivity index (χ4v) is 1.86. The van der Waals surface area contributed by atoms with Gasteiger partial charge in [-0.15, -0.1) is 0 Å². The van der Waals surface area contributed by atoms with Gasteiger partial charge in [-0.05, 0) is 24.5 Å². The van der Waals surface area contributed by atoms with Gasteiger partial charge in [-0.25, -0.2) is 4.79 Å². The van der Waals surface area contributed by atoms with E-state index in [1.165, 1.54) is 13.2 Å². The summed E-state index contributed by atoms with van der Waals surface area (Å²) >= 11 is 0. The molecule has 0 radical (unpaired) electrons. The van der Waals surface area contributed by atoms with Crippen molar-refractivity contribution in [3.63, 3.8) is 0 Å². The number of carboxylic acid groups (broad SMARTS) is 1. The monoisotopic (exact) mass is 267 g/mol. The first-order chi connectivity index (χ1) is 9.10. The lowest BCUT2D eigenvalue weighted by Crippen LogP contribution is -2.41. The van der Waals surface area contributed by atoms with E-state index < -0.39 is 17.9 Å². The van der Waals surface area contributed by atoms with Gasteiger partial charge in [0.1, 0.15) is 18.4 Å². The Bertz CT molecular complexity index is 463. The molecule has 1 fully saturated rings. The molecule has 1 amide bonds. The topological polar surface area (TPSA) is 88.8 Å². The predicted molar refractivity (Wildman–Crippen MR) is 65.7 cm³/mol. The van der Waals surface area contributed by atoms with E-state index >= 15 is 0 Å². The second-order valence-electron chi connectivity index (χ2n) is 4.74. The zero-order valence-corrected chi connectivity index (χ0v) is 10.7. The summed E-state index contributed by atoms with van der Waals surface area (Å²) in [4.78, 5) is 22.9. The van der Waals surface area contributed by atoms with Crippen molar-refractivity contribution in [3.8, 4) is 0 Å². The van der Waals surface area contributed by atoms with Gasteiger partial charge in [0.15, 0.2) is 5.76 Å². The molecule has 1 aromatic heterocycles. The van der Waals surface area contributed by atoms with Gasteiger partial charge < -0.3 is 19.6 Å². The summed E-state index contributed by atoms with van der Waals surface area (Å²) in [6, 6.07) is 2.30. The number of carboxylic acids is 1. The number of hydrogen-bond acceptors (Lipinski definition) is 4. The van der Waals surface area contributed by atoms with Crippen molar-refractivity contribution in [1.29, 1.82) is 0 Å². The van der Waals surface area contributed by atoms with Gasteiger partial charge in [0, 0.05) is 7.11 Å². The molecule has 0 spiro atoms. The first-order valence-corrected chi connectivity index (χ1v) is 6.21. The largest absolute Gasteiger partial charge is 0.480 e. The fraction of sp³-hybridized carbons (Fsp3) is 0.538. The van der Waals surface area contributed by atoms with E-state index in [0.717, 1.165) is 12.8 Å². The Kier molecular flexibility index (Phi) is 4.21. The Morgan fingerprint density at radius 1 is 1.53 bits per heavy atom. The zero-order chi connectivity index (χ0) is 13.8. The van der Waals surface area contributed by atoms with Crippen LogP contribution in [0.5, 0.6) is 0 Å². The number of hydrogen-bond donors (Lipinski definition) is 2. The molecule has 6 heteroatoms. The van der Waals surface area contributed by atoms with Gasteiger partial charge in [0.25, 0.3) is 5.91 Å². The molecular weight excluding hydrogens is 250 g/mol. The number of aliphatic carboxylic acids is 1. The van der Waals surface area contributed by atoms with Crippen LogP contribution in [-0.2, 0) is 16.1 Å². The summed E-state index contributed by atoms with van der Waals surface area (Å²) in [6.07, 6.45) is 2.56. The van der Waals surface area contributed by atoms with Gasteiger partial charge in [0.05, 0.1) is 0 Å². The molecule has 104 valence electrons. The highest BCUT2D eigenvalue weighted by Gasteiger charge is 2.30. The number of amides is 1. The van der Waals surface area contributed by atoms with Crippen LogP contribution in [0.15, 0.2) is 16.5 Å². The molecule has 1 saturated carbocycles. The van der Waals surface area contributed by atoms with Crippen LogP contribution in [0.1, 0.15) is 35.6 Å². The van der Waals surface area contributed by atoms with E-state index in [-0.39, 0.29) is 12.4 Å². The first-order valence-electron chi connectivity index (χ1n) is 6.21. The number of carbonyl (C=O) groups is 2. The fourth-order valence-electron chi connectivity index (χ4n) is 1.86. The summed E-state index contributed by atoms with van der Waals surface area (Å²) in [5, 5.41) is 11.6. The van der Waals surface area contributed by atoms with Crippen LogP contribution in [-0.4, -0.2) is 30.1 Å². The van der Waals surface area contributed by atoms with Crippen molar-refractivity contribution in [2.45, 2.75) is 31.9 Å². The van der Waals surface area contributed by atoms with Crippen molar-refractivity contribution in [2.75, 3.05) is 7.11 Å². The standard InChI is InChI=1S/C13H17NO5/c1-18-7-9-4-5-11(19-9)12(15)14-10(13(16)17)6-8-2-3-8/h4-5,8,10H,2-3,6-7H2,1H3,(H,14,15)(H,16,17). The minimum Gasteiger partial charge on any atom is -0.480 e. The first kappa shape index (κ1) is 13.6. The van der Waals surface area contributed by atoms with Gasteiger partial charge in [-0.3, -0.25) is 4.79 Å². The predicted octanol–water partition coefficient (Wildman–Crippen LogP) is 1.41. The molecule has 0 aliphatic heterocycles. The van der Waals surface area contributed by atoms with Gasteiger partial charge in [-0.2, -0.15) is 0 Å². The lowest BCUT2D eigenvalue weighted by Gasteiger charge is -2.12. The Hall–Kier alpha value is -1.82. The number of rotatable bonds is 7. The molecule has 0 saturated heterocycles. The van der Waals surface area contributed by atoms with Crippen molar-refractivity contribution < 1.29 is 23.8 Å². The lowest BCUT2D eigenvalue weighted by molar-refractivity contribution is -0.139. The third kappa shape index (κ3) is 3.82. The van der Waals surface area contributed by atoms with E-state index in [4.69, 9.17) is 14.3 Å². The number of ether oxygens (including phenoxy) is 1. The average Bonchev–Trinajstić information content (AvgIpc) is 3.05. The quantitative estimate of drug-likeness (QED) is 0.779. The Morgan fingerprint density at radius 2 is 2.26 bits per heavy atom. The lowest BCUT2D eigenvalue weighted by atomic mass is 10.1. The van der Waals surface area contributed by atoms with Gasteiger partial charge in [0.2, 0.25) is 0 Å². The third-order valence-corrected chi connectivity index (χ3v) is 3.04. The highest BCUT2D eigenvalue weighted by Crippen LogP contribution is 2.33. The number of nitrogens with one attached hydrogen (secondary N) is 1. The molecule has 2 rings (SSSR count). The molecule has 1 aliphatic carbocycles. The Morgan fingerprint density at radius 3 is 2.84 bits per heavy atom. The Balaban J connectivity index is 1.94. The number of carbonyl (C=O) groups excluding carboxylic acids is 1. The SMILES string of the molecule is COCc1ccc(C(=O)NC(CC2CC2)C(=O)O)o1. The van der Waals surface area contributed by atoms with Crippen molar-refractivity contribution in [1.82, 2.24) is 5.32 Å². The molecule has 1 aliphatic rings. The summed E-state index contributed by atoms with van der Waals surface area (Å²) in [5.74, 6) is -0.461. The molecule has 1 heterocycles. The van der Waals surface area contributed by atoms with Crippen molar-refractivity contribution in [2.24, 2.45) is 5.92 Å². The van der Waals surface area contributed by atoms with E-state index in [0.29, 0.717) is 18.1 Å². The van der Waals surface area contributed by atoms with Crippen LogP contribution < -0.4 is 5.32 Å². The minimum absolute atomic E-state index is 0.106. The molecule has 0 aromatic carbocycles. The second-order valence-corrected chi connectivity index (χ2v) is 4.74. The van der Waals surface area contributed by atoms with Crippen LogP contribution in [0.2, 0.25) is 0 Å². The van der Waals surface area contributed by atoms with Crippen LogP contribution in [0, 0.1) is 5.92 Å². The Labute approximate surface area is 110 Å². The number of methoxy groups -OCH3 is 1. The highest BCUT2D eigenvalue weighted by atomic mass is 16.5. The summed E-state index contributed by atoms with van der Waals surface area (Å²) in [7, 11) is 1.53. The number of furan rings is 1. The molecule has 1 unspecified atom stereocenters. The third-order valence-electron chi connectivity index (χ3n) is 3.04. The van der Waals surface area contributed by atoms with Crippen LogP contribution >= 0.6 is 0 Å². The van der Waals surface area contributed by atoms with Gasteiger partial charge in [-0.1, -0.05) is 12.8 Å². The van der Waals surface area contributed by atoms with E-state index in [9.17, 15) is 9.59 Å². The van der Waals surface area contributed by atoms with E-state index in [2.05, 4.69) is 5.32 Å². The molecule has 0 bridgehead atoms. The van der Waals surface area contributed by atoms with Crippen LogP contribution in [0.3, 0.4) is 0 Å². The maximum atomic E-state index is 11.9. The molecule has 1 atom stereocenters. The van der Waals surface area contributed by atoms with E-state index in [1.807, 2.05) is 0 Å². The summed E-state index contributed by atoms with van der Waals surface area (Å²) < 4.78 is 10.1. The molecule has 1 aromatic rings. The van der Waals surface area contributed by atoms with Gasteiger partial charge >= 0.3 is 5.97 Å². The summed E-state index contributed by atoms with van der Waals surface area (Å²) in [6.45, 7) is 0.276. The zero-order valence-electron chi connectivity index (χ0n) is 10.7. The normalized spacial score (nSPS) is 16.1. The highest BCUT2D eigenvalue weighted by molar-refractivity contribution is 5.94. The smallest absolute Gasteiger partial charge is 0.326 e. The maximum absolute atomic E-state index is 11.9. The molecule has 6 nitrogen and oxygen atoms in total.